The molecule has 0 radical (unpaired) electrons. The highest BCUT2D eigenvalue weighted by atomic mass is 16.5. The molecule has 2 nitrogen and oxygen atoms in total. The van der Waals surface area contributed by atoms with E-state index >= 15 is 0 Å². The molecule has 1 aromatic rings. The molecule has 0 spiro atoms. The zero-order valence-corrected chi connectivity index (χ0v) is 9.99. The highest BCUT2D eigenvalue weighted by Gasteiger charge is 2.21. The molecule has 1 aliphatic rings. The van der Waals surface area contributed by atoms with Gasteiger partial charge in [0, 0.05) is 12.6 Å². The molecule has 0 bridgehead atoms. The highest BCUT2D eigenvalue weighted by Crippen LogP contribution is 2.17. The van der Waals surface area contributed by atoms with Crippen molar-refractivity contribution in [3.05, 3.63) is 35.4 Å². The van der Waals surface area contributed by atoms with Crippen LogP contribution in [0.15, 0.2) is 24.3 Å². The van der Waals surface area contributed by atoms with Crippen molar-refractivity contribution < 1.29 is 4.74 Å². The van der Waals surface area contributed by atoms with E-state index in [1.54, 1.807) is 0 Å². The van der Waals surface area contributed by atoms with E-state index in [0.717, 1.165) is 19.4 Å². The fraction of sp³-hybridized carbons (Fsp3) is 0.571. The smallest absolute Gasteiger partial charge is 0.0729 e. The van der Waals surface area contributed by atoms with Crippen LogP contribution in [-0.4, -0.2) is 18.8 Å². The molecule has 1 fully saturated rings. The van der Waals surface area contributed by atoms with Crippen molar-refractivity contribution in [1.29, 1.82) is 0 Å². The standard InChI is InChI=1S/C14H21NO/c1-11-5-4-6-12(9-11)10-13(15)14-7-2-3-8-16-14/h4-6,9,13-14H,2-3,7-8,10,15H2,1H3. The molecule has 1 aromatic carbocycles. The maximum atomic E-state index is 6.21. The molecule has 0 saturated carbocycles. The van der Waals surface area contributed by atoms with Gasteiger partial charge in [0.05, 0.1) is 6.10 Å². The molecule has 16 heavy (non-hydrogen) atoms. The van der Waals surface area contributed by atoms with Gasteiger partial charge in [-0.2, -0.15) is 0 Å². The van der Waals surface area contributed by atoms with Crippen LogP contribution in [0.4, 0.5) is 0 Å². The van der Waals surface area contributed by atoms with Gasteiger partial charge in [-0.15, -0.1) is 0 Å². The van der Waals surface area contributed by atoms with Crippen LogP contribution in [-0.2, 0) is 11.2 Å². The second-order valence-electron chi connectivity index (χ2n) is 4.76. The summed E-state index contributed by atoms with van der Waals surface area (Å²) < 4.78 is 5.72. The molecule has 1 heterocycles. The summed E-state index contributed by atoms with van der Waals surface area (Å²) in [6, 6.07) is 8.71. The van der Waals surface area contributed by atoms with Crippen molar-refractivity contribution in [2.45, 2.75) is 44.8 Å². The Morgan fingerprint density at radius 1 is 1.44 bits per heavy atom. The van der Waals surface area contributed by atoms with Crippen LogP contribution in [0, 0.1) is 6.92 Å². The maximum Gasteiger partial charge on any atom is 0.0729 e. The van der Waals surface area contributed by atoms with E-state index in [0.29, 0.717) is 0 Å². The Balaban J connectivity index is 1.93. The van der Waals surface area contributed by atoms with Crippen LogP contribution in [0.25, 0.3) is 0 Å². The number of aryl methyl sites for hydroxylation is 1. The molecule has 0 amide bonds. The summed E-state index contributed by atoms with van der Waals surface area (Å²) in [7, 11) is 0. The van der Waals surface area contributed by atoms with Gasteiger partial charge in [0.15, 0.2) is 0 Å². The summed E-state index contributed by atoms with van der Waals surface area (Å²) in [5, 5.41) is 0. The van der Waals surface area contributed by atoms with E-state index in [-0.39, 0.29) is 12.1 Å². The van der Waals surface area contributed by atoms with Crippen molar-refractivity contribution in [3.63, 3.8) is 0 Å². The molecule has 1 aliphatic heterocycles. The van der Waals surface area contributed by atoms with Crippen LogP contribution in [0.2, 0.25) is 0 Å². The van der Waals surface area contributed by atoms with Crippen molar-refractivity contribution in [2.75, 3.05) is 6.61 Å². The summed E-state index contributed by atoms with van der Waals surface area (Å²) in [6.07, 6.45) is 4.74. The summed E-state index contributed by atoms with van der Waals surface area (Å²) in [4.78, 5) is 0. The first-order valence-corrected chi connectivity index (χ1v) is 6.18. The fourth-order valence-corrected chi connectivity index (χ4v) is 2.35. The van der Waals surface area contributed by atoms with Gasteiger partial charge in [-0.3, -0.25) is 0 Å². The normalized spacial score (nSPS) is 23.0. The quantitative estimate of drug-likeness (QED) is 0.847. The minimum absolute atomic E-state index is 0.141. The predicted molar refractivity (Wildman–Crippen MR) is 66.4 cm³/mol. The fourth-order valence-electron chi connectivity index (χ4n) is 2.35. The number of hydrogen-bond acceptors (Lipinski definition) is 2. The first-order chi connectivity index (χ1) is 7.75. The van der Waals surface area contributed by atoms with Crippen LogP contribution in [0.3, 0.4) is 0 Å². The Morgan fingerprint density at radius 2 is 2.31 bits per heavy atom. The monoisotopic (exact) mass is 219 g/mol. The average molecular weight is 219 g/mol. The first-order valence-electron chi connectivity index (χ1n) is 6.18. The lowest BCUT2D eigenvalue weighted by Gasteiger charge is -2.28. The van der Waals surface area contributed by atoms with Crippen molar-refractivity contribution in [1.82, 2.24) is 0 Å². The Morgan fingerprint density at radius 3 is 3.00 bits per heavy atom. The second kappa shape index (κ2) is 5.46. The van der Waals surface area contributed by atoms with Crippen molar-refractivity contribution >= 4 is 0 Å². The third kappa shape index (κ3) is 3.06. The van der Waals surface area contributed by atoms with Crippen LogP contribution in [0.5, 0.6) is 0 Å². The zero-order chi connectivity index (χ0) is 11.4. The lowest BCUT2D eigenvalue weighted by molar-refractivity contribution is 0.000633. The molecule has 1 saturated heterocycles. The number of rotatable bonds is 3. The number of benzene rings is 1. The zero-order valence-electron chi connectivity index (χ0n) is 9.99. The average Bonchev–Trinajstić information content (AvgIpc) is 2.30. The van der Waals surface area contributed by atoms with Crippen molar-refractivity contribution in [2.24, 2.45) is 5.73 Å². The molecule has 2 N–H and O–H groups in total. The Bertz CT molecular complexity index is 331. The summed E-state index contributed by atoms with van der Waals surface area (Å²) in [5.74, 6) is 0. The van der Waals surface area contributed by atoms with E-state index in [9.17, 15) is 0 Å². The highest BCUT2D eigenvalue weighted by molar-refractivity contribution is 5.23. The van der Waals surface area contributed by atoms with Gasteiger partial charge in [-0.1, -0.05) is 29.8 Å². The van der Waals surface area contributed by atoms with Crippen LogP contribution >= 0.6 is 0 Å². The Hall–Kier alpha value is -0.860. The summed E-state index contributed by atoms with van der Waals surface area (Å²) in [5.41, 5.74) is 8.83. The predicted octanol–water partition coefficient (Wildman–Crippen LogP) is 2.43. The SMILES string of the molecule is Cc1cccc(CC(N)C2CCCCO2)c1. The van der Waals surface area contributed by atoms with Gasteiger partial charge < -0.3 is 10.5 Å². The van der Waals surface area contributed by atoms with E-state index in [1.807, 2.05) is 0 Å². The first kappa shape index (κ1) is 11.6. The van der Waals surface area contributed by atoms with Gasteiger partial charge in [0.2, 0.25) is 0 Å². The van der Waals surface area contributed by atoms with Gasteiger partial charge in [-0.05, 0) is 38.2 Å². The lowest BCUT2D eigenvalue weighted by atomic mass is 9.96. The largest absolute Gasteiger partial charge is 0.377 e. The number of hydrogen-bond donors (Lipinski definition) is 1. The molecule has 2 atom stereocenters. The van der Waals surface area contributed by atoms with Gasteiger partial charge in [0.25, 0.3) is 0 Å². The Labute approximate surface area is 97.8 Å². The third-order valence-corrected chi connectivity index (χ3v) is 3.25. The number of nitrogens with two attached hydrogens (primary N) is 1. The summed E-state index contributed by atoms with van der Waals surface area (Å²) in [6.45, 7) is 3.00. The van der Waals surface area contributed by atoms with Gasteiger partial charge in [-0.25, -0.2) is 0 Å². The van der Waals surface area contributed by atoms with E-state index in [2.05, 4.69) is 31.2 Å². The lowest BCUT2D eigenvalue weighted by Crippen LogP contribution is -2.40. The molecule has 0 aliphatic carbocycles. The maximum absolute atomic E-state index is 6.21. The van der Waals surface area contributed by atoms with E-state index < -0.39 is 0 Å². The van der Waals surface area contributed by atoms with Crippen molar-refractivity contribution in [3.8, 4) is 0 Å². The topological polar surface area (TPSA) is 35.2 Å². The number of ether oxygens (including phenoxy) is 1. The van der Waals surface area contributed by atoms with Crippen LogP contribution in [0.1, 0.15) is 30.4 Å². The second-order valence-corrected chi connectivity index (χ2v) is 4.76. The summed E-state index contributed by atoms with van der Waals surface area (Å²) >= 11 is 0. The molecule has 88 valence electrons. The molecular weight excluding hydrogens is 198 g/mol. The van der Waals surface area contributed by atoms with E-state index in [1.165, 1.54) is 24.0 Å². The van der Waals surface area contributed by atoms with Crippen LogP contribution < -0.4 is 5.73 Å². The van der Waals surface area contributed by atoms with E-state index in [4.69, 9.17) is 10.5 Å². The molecule has 0 aromatic heterocycles. The molecule has 2 rings (SSSR count). The minimum atomic E-state index is 0.141. The van der Waals surface area contributed by atoms with Gasteiger partial charge >= 0.3 is 0 Å². The third-order valence-electron chi connectivity index (χ3n) is 3.25. The molecule has 2 heteroatoms. The molecular formula is C14H21NO. The minimum Gasteiger partial charge on any atom is -0.377 e. The Kier molecular flexibility index (Phi) is 3.97. The molecule has 2 unspecified atom stereocenters. The van der Waals surface area contributed by atoms with Gasteiger partial charge in [0.1, 0.15) is 0 Å².